The van der Waals surface area contributed by atoms with Crippen molar-refractivity contribution in [2.45, 2.75) is 63.0 Å². The van der Waals surface area contributed by atoms with Gasteiger partial charge in [0.15, 0.2) is 0 Å². The van der Waals surface area contributed by atoms with Gasteiger partial charge >= 0.3 is 12.1 Å². The van der Waals surface area contributed by atoms with E-state index in [9.17, 15) is 28.2 Å². The number of aryl methyl sites for hydroxylation is 1. The van der Waals surface area contributed by atoms with E-state index in [1.807, 2.05) is 6.07 Å². The molecule has 0 heterocycles. The molecule has 0 atom stereocenters. The van der Waals surface area contributed by atoms with Crippen molar-refractivity contribution in [3.8, 4) is 5.75 Å². The van der Waals surface area contributed by atoms with Crippen molar-refractivity contribution in [3.05, 3.63) is 70.8 Å². The third-order valence-corrected chi connectivity index (χ3v) is 8.18. The predicted octanol–water partition coefficient (Wildman–Crippen LogP) is 6.98. The van der Waals surface area contributed by atoms with Crippen LogP contribution in [0.15, 0.2) is 48.5 Å². The van der Waals surface area contributed by atoms with Crippen LogP contribution in [0.25, 0.3) is 5.57 Å². The highest BCUT2D eigenvalue weighted by Crippen LogP contribution is 2.61. The molecule has 4 aliphatic carbocycles. The van der Waals surface area contributed by atoms with Crippen molar-refractivity contribution in [2.75, 3.05) is 0 Å². The quantitative estimate of drug-likeness (QED) is 0.448. The van der Waals surface area contributed by atoms with Crippen molar-refractivity contribution in [3.63, 3.8) is 0 Å². The van der Waals surface area contributed by atoms with Gasteiger partial charge in [-0.2, -0.15) is 13.2 Å². The van der Waals surface area contributed by atoms with Crippen molar-refractivity contribution in [1.29, 1.82) is 0 Å². The number of aliphatic carboxylic acids is 1. The number of rotatable bonds is 6. The minimum absolute atomic E-state index is 0.0438. The number of alkyl halides is 3. The van der Waals surface area contributed by atoms with Gasteiger partial charge in [0.25, 0.3) is 0 Å². The maximum absolute atomic E-state index is 13.1. The van der Waals surface area contributed by atoms with Crippen LogP contribution in [0.1, 0.15) is 67.2 Å². The number of carboxylic acid groups (broad SMARTS) is 1. The molecule has 3 nitrogen and oxygen atoms in total. The van der Waals surface area contributed by atoms with E-state index in [-0.39, 0.29) is 16.6 Å². The van der Waals surface area contributed by atoms with Crippen LogP contribution in [-0.4, -0.2) is 16.2 Å². The lowest BCUT2D eigenvalue weighted by atomic mass is 9.48. The lowest BCUT2D eigenvalue weighted by molar-refractivity contribution is -0.137. The molecule has 6 rings (SSSR count). The summed E-state index contributed by atoms with van der Waals surface area (Å²) in [5, 5.41) is 20.4. The molecular weight excluding hydrogens is 441 g/mol. The molecule has 0 aromatic heterocycles. The largest absolute Gasteiger partial charge is 0.508 e. The Morgan fingerprint density at radius 3 is 2.24 bits per heavy atom. The third kappa shape index (κ3) is 4.35. The van der Waals surface area contributed by atoms with E-state index >= 15 is 0 Å². The Morgan fingerprint density at radius 2 is 1.65 bits per heavy atom. The average molecular weight is 471 g/mol. The normalized spacial score (nSPS) is 28.3. The number of carboxylic acids is 1. The molecule has 2 aromatic carbocycles. The third-order valence-electron chi connectivity index (χ3n) is 8.18. The van der Waals surface area contributed by atoms with Gasteiger partial charge < -0.3 is 10.2 Å². The van der Waals surface area contributed by atoms with Gasteiger partial charge in [-0.3, -0.25) is 0 Å². The van der Waals surface area contributed by atoms with Crippen LogP contribution in [-0.2, 0) is 22.8 Å². The molecule has 0 radical (unpaired) electrons. The van der Waals surface area contributed by atoms with Crippen LogP contribution in [0, 0.1) is 17.8 Å². The molecule has 2 aromatic rings. The molecule has 4 bridgehead atoms. The monoisotopic (exact) mass is 470 g/mol. The van der Waals surface area contributed by atoms with Crippen LogP contribution < -0.4 is 0 Å². The predicted molar refractivity (Wildman–Crippen MR) is 123 cm³/mol. The number of benzene rings is 2. The maximum Gasteiger partial charge on any atom is 0.416 e. The fourth-order valence-corrected chi connectivity index (χ4v) is 7.18. The first-order valence-electron chi connectivity index (χ1n) is 12.1. The second-order valence-corrected chi connectivity index (χ2v) is 10.6. The molecule has 2 N–H and O–H groups in total. The summed E-state index contributed by atoms with van der Waals surface area (Å²) in [4.78, 5) is 11.8. The molecule has 0 unspecified atom stereocenters. The number of aromatic hydroxyl groups is 1. The number of phenolic OH excluding ortho intramolecular Hbond substituents is 1. The molecule has 4 saturated carbocycles. The van der Waals surface area contributed by atoms with Gasteiger partial charge in [-0.25, -0.2) is 4.79 Å². The highest BCUT2D eigenvalue weighted by Gasteiger charge is 2.52. The molecule has 0 aliphatic heterocycles. The van der Waals surface area contributed by atoms with Gasteiger partial charge in [0.05, 0.1) is 11.1 Å². The van der Waals surface area contributed by atoms with Crippen molar-refractivity contribution in [2.24, 2.45) is 17.8 Å². The number of hydrogen-bond acceptors (Lipinski definition) is 2. The number of allylic oxidation sites excluding steroid dienone is 1. The highest BCUT2D eigenvalue weighted by molar-refractivity contribution is 6.15. The van der Waals surface area contributed by atoms with E-state index in [1.54, 1.807) is 6.07 Å². The van der Waals surface area contributed by atoms with E-state index in [4.69, 9.17) is 0 Å². The zero-order chi connectivity index (χ0) is 24.1. The fourth-order valence-electron chi connectivity index (χ4n) is 7.18. The summed E-state index contributed by atoms with van der Waals surface area (Å²) in [6.07, 6.45) is 5.25. The van der Waals surface area contributed by atoms with E-state index in [2.05, 4.69) is 6.07 Å². The Kier molecular flexibility index (Phi) is 5.73. The van der Waals surface area contributed by atoms with Gasteiger partial charge in [0, 0.05) is 5.56 Å². The first-order chi connectivity index (χ1) is 16.1. The van der Waals surface area contributed by atoms with E-state index < -0.39 is 17.7 Å². The Hall–Kier alpha value is -2.76. The van der Waals surface area contributed by atoms with Crippen molar-refractivity contribution < 1.29 is 28.2 Å². The minimum atomic E-state index is -4.53. The number of phenols is 1. The van der Waals surface area contributed by atoms with Gasteiger partial charge in [-0.1, -0.05) is 30.3 Å². The zero-order valence-corrected chi connectivity index (χ0v) is 18.9. The van der Waals surface area contributed by atoms with Crippen LogP contribution in [0.4, 0.5) is 13.2 Å². The van der Waals surface area contributed by atoms with Crippen LogP contribution >= 0.6 is 0 Å². The van der Waals surface area contributed by atoms with E-state index in [0.717, 1.165) is 60.3 Å². The topological polar surface area (TPSA) is 57.5 Å². The maximum atomic E-state index is 13.1. The minimum Gasteiger partial charge on any atom is -0.508 e. The van der Waals surface area contributed by atoms with E-state index in [0.29, 0.717) is 18.6 Å². The van der Waals surface area contributed by atoms with E-state index in [1.165, 1.54) is 37.5 Å². The summed E-state index contributed by atoms with van der Waals surface area (Å²) >= 11 is 0. The van der Waals surface area contributed by atoms with Crippen molar-refractivity contribution in [1.82, 2.24) is 0 Å². The van der Waals surface area contributed by atoms with Crippen LogP contribution in [0.2, 0.25) is 0 Å². The summed E-state index contributed by atoms with van der Waals surface area (Å²) in [6.45, 7) is 0. The second kappa shape index (κ2) is 8.47. The summed E-state index contributed by atoms with van der Waals surface area (Å²) in [6, 6.07) is 10.1. The molecule has 0 amide bonds. The SMILES string of the molecule is O=C(O)C(=CCCc1ccc(O)c(C23CC4CC(CC(C4)C2)C3)c1)c1cccc(C(F)(F)F)c1. The standard InChI is InChI=1S/C28H29F3O3/c29-28(30,31)22-5-2-4-21(13-22)23(26(33)34)6-1-3-17-7-8-25(32)24(12-17)27-14-18-9-19(15-27)11-20(10-18)16-27/h2,4-8,12-13,18-20,32H,1,3,9-11,14-16H2,(H,33,34). The lowest BCUT2D eigenvalue weighted by Crippen LogP contribution is -2.48. The number of carbonyl (C=O) groups is 1. The summed E-state index contributed by atoms with van der Waals surface area (Å²) in [5.41, 5.74) is 1.14. The Balaban J connectivity index is 1.36. The second-order valence-electron chi connectivity index (χ2n) is 10.6. The smallest absolute Gasteiger partial charge is 0.416 e. The Labute approximate surface area is 197 Å². The highest BCUT2D eigenvalue weighted by atomic mass is 19.4. The Bertz CT molecular complexity index is 1100. The van der Waals surface area contributed by atoms with Gasteiger partial charge in [0.1, 0.15) is 5.75 Å². The Morgan fingerprint density at radius 1 is 1.00 bits per heavy atom. The van der Waals surface area contributed by atoms with Gasteiger partial charge in [0.2, 0.25) is 0 Å². The van der Waals surface area contributed by atoms with Gasteiger partial charge in [-0.05, 0) is 104 Å². The molecule has 180 valence electrons. The molecular formula is C28H29F3O3. The summed E-state index contributed by atoms with van der Waals surface area (Å²) < 4.78 is 39.2. The van der Waals surface area contributed by atoms with Crippen LogP contribution in [0.3, 0.4) is 0 Å². The van der Waals surface area contributed by atoms with Gasteiger partial charge in [-0.15, -0.1) is 0 Å². The molecule has 4 aliphatic rings. The summed E-state index contributed by atoms with van der Waals surface area (Å²) in [5.74, 6) is 1.35. The number of hydrogen-bond donors (Lipinski definition) is 2. The lowest BCUT2D eigenvalue weighted by Gasteiger charge is -2.57. The fraction of sp³-hybridized carbons (Fsp3) is 0.464. The molecule has 6 heteroatoms. The molecule has 0 saturated heterocycles. The summed E-state index contributed by atoms with van der Waals surface area (Å²) in [7, 11) is 0. The van der Waals surface area contributed by atoms with Crippen LogP contribution in [0.5, 0.6) is 5.75 Å². The number of halogens is 3. The average Bonchev–Trinajstić information content (AvgIpc) is 2.76. The first kappa shape index (κ1) is 23.0. The molecule has 34 heavy (non-hydrogen) atoms. The molecule has 4 fully saturated rings. The first-order valence-corrected chi connectivity index (χ1v) is 12.1. The van der Waals surface area contributed by atoms with Crippen molar-refractivity contribution >= 4 is 11.5 Å². The zero-order valence-electron chi connectivity index (χ0n) is 18.9. The molecule has 0 spiro atoms.